The molecular weight excluding hydrogens is 199 g/mol. The molecule has 0 heterocycles. The van der Waals surface area contributed by atoms with Crippen molar-refractivity contribution in [3.05, 3.63) is 41.3 Å². The molecule has 60 valence electrons. The Morgan fingerprint density at radius 2 is 1.92 bits per heavy atom. The molecule has 0 radical (unpaired) electrons. The Morgan fingerprint density at radius 3 is 2.42 bits per heavy atom. The smallest absolute Gasteiger partial charge is 1.00 e. The van der Waals surface area contributed by atoms with E-state index < -0.39 is 11.1 Å². The zero-order chi connectivity index (χ0) is 8.10. The Kier molecular flexibility index (Phi) is 7.56. The van der Waals surface area contributed by atoms with Crippen LogP contribution in [-0.2, 0) is 11.1 Å². The fourth-order valence-corrected chi connectivity index (χ4v) is 0.967. The van der Waals surface area contributed by atoms with Gasteiger partial charge in [0.2, 0.25) is 0 Å². The first-order valence-corrected chi connectivity index (χ1v) is 4.24. The van der Waals surface area contributed by atoms with Crippen LogP contribution in [0.1, 0.15) is 6.99 Å². The van der Waals surface area contributed by atoms with Crippen LogP contribution in [0.25, 0.3) is 6.08 Å². The van der Waals surface area contributed by atoms with Crippen LogP contribution in [0, 0.1) is 0 Å². The van der Waals surface area contributed by atoms with Gasteiger partial charge in [0.1, 0.15) is 0 Å². The quantitative estimate of drug-likeness (QED) is 0.444. The van der Waals surface area contributed by atoms with Gasteiger partial charge in [0.15, 0.2) is 0 Å². The van der Waals surface area contributed by atoms with E-state index in [-0.39, 0.29) is 52.8 Å². The Hall–Kier alpha value is 0.706. The molecule has 0 bridgehead atoms. The van der Waals surface area contributed by atoms with Crippen LogP contribution in [-0.4, -0.2) is 8.76 Å². The predicted octanol–water partition coefficient (Wildman–Crippen LogP) is -1.35. The number of hydrogen-bond donors (Lipinski definition) is 0. The summed E-state index contributed by atoms with van der Waals surface area (Å²) in [5.74, 6) is 0. The first-order valence-electron chi connectivity index (χ1n) is 3.10. The van der Waals surface area contributed by atoms with E-state index >= 15 is 0 Å². The summed E-state index contributed by atoms with van der Waals surface area (Å²) in [5.41, 5.74) is 0.886. The van der Waals surface area contributed by atoms with Gasteiger partial charge >= 0.3 is 51.4 Å². The minimum Gasteiger partial charge on any atom is -1.00 e. The Morgan fingerprint density at radius 1 is 1.33 bits per heavy atom. The van der Waals surface area contributed by atoms with E-state index in [0.717, 1.165) is 11.0 Å². The molecule has 0 aliphatic rings. The molecule has 1 atom stereocenters. The fourth-order valence-electron chi connectivity index (χ4n) is 0.698. The summed E-state index contributed by atoms with van der Waals surface area (Å²) in [5, 5.41) is 1.12. The van der Waals surface area contributed by atoms with Crippen LogP contribution in [0.4, 0.5) is 0 Å². The zero-order valence-electron chi connectivity index (χ0n) is 7.77. The summed E-state index contributed by atoms with van der Waals surface area (Å²) >= 11 is -2.10. The molecule has 1 unspecified atom stereocenters. The second kappa shape index (κ2) is 7.14. The van der Waals surface area contributed by atoms with Gasteiger partial charge in [0.25, 0.3) is 0 Å². The average Bonchev–Trinajstić information content (AvgIpc) is 2.03. The van der Waals surface area contributed by atoms with Gasteiger partial charge in [-0.15, -0.1) is 0 Å². The molecule has 0 saturated heterocycles. The van der Waals surface area contributed by atoms with Crippen molar-refractivity contribution >= 4 is 17.2 Å². The van der Waals surface area contributed by atoms with Crippen molar-refractivity contribution in [2.45, 2.75) is 0 Å². The van der Waals surface area contributed by atoms with Crippen LogP contribution in [0.5, 0.6) is 0 Å². The second-order valence-corrected chi connectivity index (χ2v) is 2.77. The van der Waals surface area contributed by atoms with Crippen molar-refractivity contribution in [1.82, 2.24) is 0 Å². The van der Waals surface area contributed by atoms with Crippen molar-refractivity contribution in [1.29, 1.82) is 0 Å². The van der Waals surface area contributed by atoms with Gasteiger partial charge in [0, 0.05) is 0 Å². The molecule has 0 aliphatic carbocycles. The molecular formula is C8H8KO2S-. The molecule has 1 rings (SSSR count). The van der Waals surface area contributed by atoms with E-state index in [1.165, 1.54) is 0 Å². The molecule has 1 aromatic rings. The summed E-state index contributed by atoms with van der Waals surface area (Å²) in [7, 11) is 0. The largest absolute Gasteiger partial charge is 1.00 e. The SMILES string of the molecule is O=S([O-])C=Cc1ccccc1.[H-].[K+]. The molecule has 0 N–H and O–H groups in total. The molecule has 0 aliphatic heterocycles. The minimum atomic E-state index is -2.10. The van der Waals surface area contributed by atoms with Crippen molar-refractivity contribution in [3.8, 4) is 0 Å². The Bertz CT molecular complexity index is 277. The van der Waals surface area contributed by atoms with Crippen LogP contribution >= 0.6 is 0 Å². The molecule has 0 fully saturated rings. The van der Waals surface area contributed by atoms with Gasteiger partial charge in [0.05, 0.1) is 0 Å². The van der Waals surface area contributed by atoms with Crippen LogP contribution in [0.15, 0.2) is 35.7 Å². The summed E-state index contributed by atoms with van der Waals surface area (Å²) in [4.78, 5) is 0. The summed E-state index contributed by atoms with van der Waals surface area (Å²) in [6.45, 7) is 0. The number of benzene rings is 1. The molecule has 2 nitrogen and oxygen atoms in total. The van der Waals surface area contributed by atoms with Crippen LogP contribution in [0.3, 0.4) is 0 Å². The standard InChI is InChI=1S/C8H8O2S.K.H/c9-11(10)7-6-8-4-2-1-3-5-8;;/h1-7H,(H,9,10);;/q;+1;-1/p-1. The maximum Gasteiger partial charge on any atom is 1.00 e. The molecule has 0 spiro atoms. The topological polar surface area (TPSA) is 40.1 Å². The van der Waals surface area contributed by atoms with Crippen LogP contribution in [0.2, 0.25) is 0 Å². The summed E-state index contributed by atoms with van der Waals surface area (Å²) < 4.78 is 20.2. The predicted molar refractivity (Wildman–Crippen MR) is 45.5 cm³/mol. The Balaban J connectivity index is 0. The maximum atomic E-state index is 10.1. The second-order valence-electron chi connectivity index (χ2n) is 1.97. The Labute approximate surface area is 118 Å². The van der Waals surface area contributed by atoms with Crippen molar-refractivity contribution in [2.24, 2.45) is 0 Å². The monoisotopic (exact) mass is 207 g/mol. The molecule has 0 amide bonds. The number of rotatable bonds is 2. The van der Waals surface area contributed by atoms with Crippen LogP contribution < -0.4 is 51.4 Å². The van der Waals surface area contributed by atoms with E-state index in [0.29, 0.717) is 0 Å². The molecule has 12 heavy (non-hydrogen) atoms. The summed E-state index contributed by atoms with van der Waals surface area (Å²) in [6, 6.07) is 9.26. The van der Waals surface area contributed by atoms with Gasteiger partial charge in [-0.1, -0.05) is 30.3 Å². The fraction of sp³-hybridized carbons (Fsp3) is 0. The van der Waals surface area contributed by atoms with E-state index in [2.05, 4.69) is 0 Å². The van der Waals surface area contributed by atoms with Gasteiger partial charge in [-0.3, -0.25) is 4.21 Å². The van der Waals surface area contributed by atoms with Crippen molar-refractivity contribution < 1.29 is 61.6 Å². The van der Waals surface area contributed by atoms with Crippen molar-refractivity contribution in [3.63, 3.8) is 0 Å². The molecule has 0 aromatic heterocycles. The third-order valence-electron chi connectivity index (χ3n) is 1.17. The third kappa shape index (κ3) is 5.37. The van der Waals surface area contributed by atoms with Crippen molar-refractivity contribution in [2.75, 3.05) is 0 Å². The molecule has 4 heteroatoms. The van der Waals surface area contributed by atoms with Gasteiger partial charge < -0.3 is 5.98 Å². The maximum absolute atomic E-state index is 10.1. The average molecular weight is 207 g/mol. The van der Waals surface area contributed by atoms with Gasteiger partial charge in [-0.2, -0.15) is 0 Å². The molecule has 1 aromatic carbocycles. The van der Waals surface area contributed by atoms with Gasteiger partial charge in [-0.25, -0.2) is 0 Å². The van der Waals surface area contributed by atoms with Gasteiger partial charge in [-0.05, 0) is 28.1 Å². The normalized spacial score (nSPS) is 12.4. The molecule has 0 saturated carbocycles. The third-order valence-corrected chi connectivity index (χ3v) is 1.53. The zero-order valence-corrected chi connectivity index (χ0v) is 10.7. The van der Waals surface area contributed by atoms with E-state index in [1.807, 2.05) is 30.3 Å². The van der Waals surface area contributed by atoms with E-state index in [1.54, 1.807) is 6.08 Å². The van der Waals surface area contributed by atoms with E-state index in [4.69, 9.17) is 0 Å². The first kappa shape index (κ1) is 12.7. The summed E-state index contributed by atoms with van der Waals surface area (Å²) in [6.07, 6.45) is 1.54. The number of hydrogen-bond acceptors (Lipinski definition) is 2. The first-order chi connectivity index (χ1) is 5.29. The van der Waals surface area contributed by atoms with E-state index in [9.17, 15) is 8.76 Å². The minimum absolute atomic E-state index is 0.